The second kappa shape index (κ2) is 8.78. The van der Waals surface area contributed by atoms with Crippen LogP contribution in [0, 0.1) is 22.5 Å². The number of allylic oxidation sites excluding steroid dienone is 1. The van der Waals surface area contributed by atoms with E-state index < -0.39 is 6.04 Å². The topological polar surface area (TPSA) is 98.0 Å². The summed E-state index contributed by atoms with van der Waals surface area (Å²) in [6, 6.07) is 17.1. The van der Waals surface area contributed by atoms with Crippen LogP contribution in [-0.4, -0.2) is 20.9 Å². The van der Waals surface area contributed by atoms with Crippen LogP contribution in [0.5, 0.6) is 0 Å². The van der Waals surface area contributed by atoms with E-state index in [-0.39, 0.29) is 21.8 Å². The number of carbonyl (C=O) groups is 1. The second-order valence-corrected chi connectivity index (χ2v) is 12.8. The number of nitro benzene ring substituents is 1. The Kier molecular flexibility index (Phi) is 5.65. The molecular weight excluding hydrogens is 504 g/mol. The van der Waals surface area contributed by atoms with Crippen LogP contribution in [-0.2, 0) is 4.79 Å². The van der Waals surface area contributed by atoms with Gasteiger partial charge >= 0.3 is 0 Å². The number of hydrogen-bond donors (Lipinski definition) is 1. The van der Waals surface area contributed by atoms with Crippen LogP contribution in [0.1, 0.15) is 48.9 Å². The van der Waals surface area contributed by atoms with E-state index in [1.807, 2.05) is 25.1 Å². The number of benzene rings is 3. The Morgan fingerprint density at radius 1 is 1.11 bits per heavy atom. The lowest BCUT2D eigenvalue weighted by atomic mass is 9.68. The van der Waals surface area contributed by atoms with Gasteiger partial charge in [0, 0.05) is 29.3 Å². The van der Waals surface area contributed by atoms with Crippen molar-refractivity contribution in [1.82, 2.24) is 10.2 Å². The predicted molar refractivity (Wildman–Crippen MR) is 147 cm³/mol. The van der Waals surface area contributed by atoms with Gasteiger partial charge in [0.25, 0.3) is 5.69 Å². The number of Topliss-reactive ketones (excluding diaryl/α,β-unsaturated/α-hetero) is 1. The number of aryl methyl sites for hydroxylation is 1. The highest BCUT2D eigenvalue weighted by atomic mass is 32.2. The van der Waals surface area contributed by atoms with Crippen molar-refractivity contribution in [3.05, 3.63) is 86.4 Å². The molecule has 1 aromatic heterocycles. The number of nitrogens with one attached hydrogen (secondary N) is 1. The third-order valence-corrected chi connectivity index (χ3v) is 8.91. The number of rotatable bonds is 4. The highest BCUT2D eigenvalue weighted by Crippen LogP contribution is 2.52. The Hall–Kier alpha value is -3.56. The number of hydrogen-bond acceptors (Lipinski definition) is 8. The molecule has 0 saturated heterocycles. The van der Waals surface area contributed by atoms with Crippen molar-refractivity contribution >= 4 is 56.6 Å². The van der Waals surface area contributed by atoms with Crippen LogP contribution in [0.3, 0.4) is 0 Å². The molecule has 0 radical (unpaired) electrons. The van der Waals surface area contributed by atoms with Crippen molar-refractivity contribution < 1.29 is 9.72 Å². The molecule has 4 aromatic rings. The Morgan fingerprint density at radius 2 is 1.92 bits per heavy atom. The number of aromatic nitrogens is 2. The standard InChI is InChI=1S/C28H24N4O3S2/c1-15-30-31-27(36-15)37-23-11-9-17(12-21(23)32(34)35)26-25-19(13-28(2,3)14-22(25)33)24-18-7-5-4-6-16(18)8-10-20(24)29-26/h4-12,26,29H,13-14H2,1-3H3/t26-/m1/s1. The number of carbonyl (C=O) groups excluding carboxylic acids is 1. The van der Waals surface area contributed by atoms with Gasteiger partial charge in [-0.1, -0.05) is 73.3 Å². The van der Waals surface area contributed by atoms with Crippen LogP contribution < -0.4 is 5.32 Å². The fraction of sp³-hybridized carbons (Fsp3) is 0.250. The number of ketones is 1. The van der Waals surface area contributed by atoms with Gasteiger partial charge in [-0.25, -0.2) is 0 Å². The molecule has 37 heavy (non-hydrogen) atoms. The molecule has 9 heteroatoms. The maximum Gasteiger partial charge on any atom is 0.283 e. The van der Waals surface area contributed by atoms with Gasteiger partial charge in [0.15, 0.2) is 10.1 Å². The van der Waals surface area contributed by atoms with Crippen LogP contribution in [0.15, 0.2) is 69.4 Å². The third kappa shape index (κ3) is 4.22. The molecule has 0 fully saturated rings. The molecule has 0 amide bonds. The minimum atomic E-state index is -0.464. The first-order chi connectivity index (χ1) is 17.7. The largest absolute Gasteiger partial charge is 0.373 e. The lowest BCUT2D eigenvalue weighted by Gasteiger charge is -2.40. The van der Waals surface area contributed by atoms with E-state index in [0.717, 1.165) is 44.6 Å². The number of anilines is 1. The molecule has 186 valence electrons. The van der Waals surface area contributed by atoms with Crippen LogP contribution >= 0.6 is 23.1 Å². The molecular formula is C28H24N4O3S2. The summed E-state index contributed by atoms with van der Waals surface area (Å²) in [4.78, 5) is 25.9. The zero-order valence-electron chi connectivity index (χ0n) is 20.6. The molecule has 0 saturated carbocycles. The number of nitrogens with zero attached hydrogens (tertiary/aromatic N) is 3. The van der Waals surface area contributed by atoms with Gasteiger partial charge in [-0.3, -0.25) is 14.9 Å². The molecule has 1 N–H and O–H groups in total. The first kappa shape index (κ1) is 23.8. The maximum atomic E-state index is 13.7. The SMILES string of the molecule is Cc1nnc(Sc2ccc([C@H]3Nc4ccc5ccccc5c4C4=C3C(=O)CC(C)(C)C4)cc2[N+](=O)[O-])s1. The van der Waals surface area contributed by atoms with Crippen LogP contribution in [0.4, 0.5) is 11.4 Å². The number of fused-ring (bicyclic) bond motifs is 4. The lowest BCUT2D eigenvalue weighted by molar-refractivity contribution is -0.387. The fourth-order valence-corrected chi connectivity index (χ4v) is 7.30. The monoisotopic (exact) mass is 528 g/mol. The van der Waals surface area contributed by atoms with E-state index in [4.69, 9.17) is 0 Å². The van der Waals surface area contributed by atoms with Gasteiger partial charge in [-0.05, 0) is 52.8 Å². The maximum absolute atomic E-state index is 13.7. The van der Waals surface area contributed by atoms with Crippen molar-refractivity contribution in [3.63, 3.8) is 0 Å². The average Bonchev–Trinajstić information content (AvgIpc) is 3.26. The molecule has 2 aliphatic rings. The van der Waals surface area contributed by atoms with E-state index in [2.05, 4.69) is 53.6 Å². The lowest BCUT2D eigenvalue weighted by Crippen LogP contribution is -2.33. The van der Waals surface area contributed by atoms with E-state index in [1.54, 1.807) is 12.1 Å². The summed E-state index contributed by atoms with van der Waals surface area (Å²) in [5.74, 6) is 0.0905. The van der Waals surface area contributed by atoms with Gasteiger partial charge in [0.2, 0.25) is 0 Å². The first-order valence-corrected chi connectivity index (χ1v) is 13.6. The summed E-state index contributed by atoms with van der Waals surface area (Å²) in [6.45, 7) is 6.11. The quantitative estimate of drug-likeness (QED) is 0.218. The molecule has 1 aliphatic heterocycles. The molecule has 2 heterocycles. The Bertz CT molecular complexity index is 1640. The minimum absolute atomic E-state index is 0.00722. The van der Waals surface area contributed by atoms with Crippen LogP contribution in [0.2, 0.25) is 0 Å². The van der Waals surface area contributed by atoms with Gasteiger partial charge < -0.3 is 5.32 Å². The van der Waals surface area contributed by atoms with Gasteiger partial charge in [-0.15, -0.1) is 10.2 Å². The van der Waals surface area contributed by atoms with Crippen molar-refractivity contribution in [3.8, 4) is 0 Å². The van der Waals surface area contributed by atoms with Gasteiger partial charge in [0.1, 0.15) is 5.01 Å². The summed E-state index contributed by atoms with van der Waals surface area (Å²) in [5, 5.41) is 26.8. The summed E-state index contributed by atoms with van der Waals surface area (Å²) in [7, 11) is 0. The Morgan fingerprint density at radius 3 is 2.68 bits per heavy atom. The zero-order chi connectivity index (χ0) is 25.9. The fourth-order valence-electron chi connectivity index (χ4n) is 5.44. The van der Waals surface area contributed by atoms with E-state index in [9.17, 15) is 14.9 Å². The van der Waals surface area contributed by atoms with E-state index >= 15 is 0 Å². The summed E-state index contributed by atoms with van der Waals surface area (Å²) in [6.07, 6.45) is 1.20. The Labute approximate surface area is 222 Å². The average molecular weight is 529 g/mol. The molecule has 0 unspecified atom stereocenters. The van der Waals surface area contributed by atoms with Gasteiger partial charge in [0.05, 0.1) is 15.9 Å². The first-order valence-electron chi connectivity index (χ1n) is 12.0. The normalized spacial score (nSPS) is 18.4. The molecule has 1 atom stereocenters. The second-order valence-electron chi connectivity index (χ2n) is 10.3. The van der Waals surface area contributed by atoms with Crippen molar-refractivity contribution in [2.75, 3.05) is 5.32 Å². The smallest absolute Gasteiger partial charge is 0.283 e. The minimum Gasteiger partial charge on any atom is -0.373 e. The molecule has 3 aromatic carbocycles. The summed E-state index contributed by atoms with van der Waals surface area (Å²) < 4.78 is 0.652. The van der Waals surface area contributed by atoms with Crippen molar-refractivity contribution in [2.24, 2.45) is 5.41 Å². The molecule has 7 nitrogen and oxygen atoms in total. The summed E-state index contributed by atoms with van der Waals surface area (Å²) >= 11 is 2.63. The summed E-state index contributed by atoms with van der Waals surface area (Å²) in [5.41, 5.74) is 4.30. The van der Waals surface area contributed by atoms with E-state index in [1.165, 1.54) is 23.1 Å². The molecule has 1 aliphatic carbocycles. The highest BCUT2D eigenvalue weighted by molar-refractivity contribution is 8.01. The van der Waals surface area contributed by atoms with Gasteiger partial charge in [-0.2, -0.15) is 0 Å². The molecule has 0 spiro atoms. The predicted octanol–water partition coefficient (Wildman–Crippen LogP) is 7.37. The number of nitro groups is 1. The molecule has 6 rings (SSSR count). The van der Waals surface area contributed by atoms with Crippen LogP contribution in [0.25, 0.3) is 16.3 Å². The van der Waals surface area contributed by atoms with Crippen molar-refractivity contribution in [1.29, 1.82) is 0 Å². The third-order valence-electron chi connectivity index (χ3n) is 6.96. The van der Waals surface area contributed by atoms with E-state index in [0.29, 0.717) is 21.2 Å². The Balaban J connectivity index is 1.51. The zero-order valence-corrected chi connectivity index (χ0v) is 22.2. The van der Waals surface area contributed by atoms with Crippen molar-refractivity contribution in [2.45, 2.75) is 48.9 Å². The highest BCUT2D eigenvalue weighted by Gasteiger charge is 2.41. The molecule has 0 bridgehead atoms.